The van der Waals surface area contributed by atoms with Crippen molar-refractivity contribution >= 4 is 23.2 Å². The van der Waals surface area contributed by atoms with Crippen LogP contribution in [0.2, 0.25) is 0 Å². The molecule has 3 atom stereocenters. The van der Waals surface area contributed by atoms with E-state index >= 15 is 0 Å². The number of nitrogens with zero attached hydrogens (tertiary/aromatic N) is 1. The highest BCUT2D eigenvalue weighted by atomic mass is 16.3. The van der Waals surface area contributed by atoms with Crippen molar-refractivity contribution in [2.75, 3.05) is 6.54 Å². The number of rotatable bonds is 6. The lowest BCUT2D eigenvalue weighted by Gasteiger charge is -2.46. The van der Waals surface area contributed by atoms with Crippen molar-refractivity contribution in [1.29, 1.82) is 0 Å². The van der Waals surface area contributed by atoms with Crippen LogP contribution in [-0.4, -0.2) is 55.0 Å². The van der Waals surface area contributed by atoms with Gasteiger partial charge in [0.05, 0.1) is 11.3 Å². The summed E-state index contributed by atoms with van der Waals surface area (Å²) in [4.78, 5) is 42.7. The third-order valence-corrected chi connectivity index (χ3v) is 7.95. The van der Waals surface area contributed by atoms with Gasteiger partial charge >= 0.3 is 0 Å². The Labute approximate surface area is 224 Å². The van der Waals surface area contributed by atoms with Crippen molar-refractivity contribution in [3.05, 3.63) is 64.1 Å². The van der Waals surface area contributed by atoms with Crippen molar-refractivity contribution in [3.8, 4) is 17.0 Å². The molecule has 0 radical (unpaired) electrons. The van der Waals surface area contributed by atoms with Crippen molar-refractivity contribution in [2.24, 2.45) is 23.5 Å². The van der Waals surface area contributed by atoms with E-state index in [2.05, 4.69) is 24.1 Å². The van der Waals surface area contributed by atoms with E-state index in [0.717, 1.165) is 0 Å². The maximum Gasteiger partial charge on any atom is 0.255 e. The number of hydrogen-bond donors (Lipinski definition) is 6. The highest BCUT2D eigenvalue weighted by molar-refractivity contribution is 6.22. The predicted molar refractivity (Wildman–Crippen MR) is 141 cm³/mol. The standard InChI is InChI=1S/C29H31N3O7/c1-13(2)11-31-12-15-9-17(19-5-3-4-6-32-19)18-8-14-7-16-10-20(33)23(28(30)38)27(37)29(16,39)26(36)21(14)25(35)22(18)24(15)34/h3-6,9,13-14,16,31,34-35,37,39H,7-8,10-12H2,1-2H3,(H2,30,38). The number of aliphatic hydroxyl groups excluding tert-OH is 2. The van der Waals surface area contributed by atoms with Gasteiger partial charge in [0.15, 0.2) is 11.4 Å². The minimum absolute atomic E-state index is 0.0617. The number of nitrogens with two attached hydrogens (primary N) is 1. The second kappa shape index (κ2) is 9.62. The molecule has 7 N–H and O–H groups in total. The minimum atomic E-state index is -2.59. The smallest absolute Gasteiger partial charge is 0.255 e. The van der Waals surface area contributed by atoms with Gasteiger partial charge in [-0.1, -0.05) is 19.9 Å². The average molecular weight is 534 g/mol. The summed E-state index contributed by atoms with van der Waals surface area (Å²) < 4.78 is 0. The maximum absolute atomic E-state index is 13.8. The lowest BCUT2D eigenvalue weighted by Crippen LogP contribution is -2.58. The van der Waals surface area contributed by atoms with Gasteiger partial charge in [-0.15, -0.1) is 0 Å². The number of phenolic OH excluding ortho intramolecular Hbond substituents is 1. The number of fused-ring (bicyclic) bond motifs is 3. The second-order valence-electron chi connectivity index (χ2n) is 10.9. The van der Waals surface area contributed by atoms with Gasteiger partial charge in [0, 0.05) is 41.8 Å². The lowest BCUT2D eigenvalue weighted by molar-refractivity contribution is -0.147. The zero-order chi connectivity index (χ0) is 28.2. The van der Waals surface area contributed by atoms with Crippen molar-refractivity contribution in [2.45, 2.75) is 45.3 Å². The van der Waals surface area contributed by atoms with E-state index in [4.69, 9.17) is 5.73 Å². The molecule has 39 heavy (non-hydrogen) atoms. The number of pyridine rings is 1. The summed E-state index contributed by atoms with van der Waals surface area (Å²) in [5, 5.41) is 48.3. The van der Waals surface area contributed by atoms with Gasteiger partial charge in [-0.05, 0) is 55.0 Å². The number of benzene rings is 1. The lowest BCUT2D eigenvalue weighted by atomic mass is 9.59. The third-order valence-electron chi connectivity index (χ3n) is 7.95. The van der Waals surface area contributed by atoms with E-state index in [9.17, 15) is 34.8 Å². The molecule has 0 aliphatic heterocycles. The Hall–Kier alpha value is -4.02. The number of aromatic nitrogens is 1. The fourth-order valence-electron chi connectivity index (χ4n) is 6.13. The summed E-state index contributed by atoms with van der Waals surface area (Å²) in [5.41, 5.74) is 4.13. The number of aromatic hydroxyl groups is 1. The zero-order valence-corrected chi connectivity index (χ0v) is 21.7. The molecule has 2 aromatic rings. The molecule has 0 saturated heterocycles. The van der Waals surface area contributed by atoms with Crippen LogP contribution in [0.15, 0.2) is 47.4 Å². The van der Waals surface area contributed by atoms with Crippen LogP contribution in [-0.2, 0) is 27.3 Å². The van der Waals surface area contributed by atoms with Crippen molar-refractivity contribution < 1.29 is 34.8 Å². The van der Waals surface area contributed by atoms with Crippen LogP contribution in [0.4, 0.5) is 0 Å². The summed E-state index contributed by atoms with van der Waals surface area (Å²) in [6.07, 6.45) is 1.57. The monoisotopic (exact) mass is 533 g/mol. The van der Waals surface area contributed by atoms with Gasteiger partial charge in [0.1, 0.15) is 22.8 Å². The summed E-state index contributed by atoms with van der Waals surface area (Å²) in [5.74, 6) is -6.09. The molecule has 1 saturated carbocycles. The molecular formula is C29H31N3O7. The average Bonchev–Trinajstić information content (AvgIpc) is 2.87. The summed E-state index contributed by atoms with van der Waals surface area (Å²) in [6.45, 7) is 5.07. The molecule has 1 fully saturated rings. The molecule has 1 heterocycles. The van der Waals surface area contributed by atoms with Crippen LogP contribution in [0.1, 0.15) is 43.4 Å². The first-order valence-corrected chi connectivity index (χ1v) is 12.9. The minimum Gasteiger partial charge on any atom is -0.508 e. The number of carbonyl (C=O) groups excluding carboxylic acids is 3. The molecule has 10 heteroatoms. The van der Waals surface area contributed by atoms with Crippen LogP contribution < -0.4 is 11.1 Å². The van der Waals surface area contributed by atoms with Crippen LogP contribution in [0, 0.1) is 17.8 Å². The van der Waals surface area contributed by atoms with Gasteiger partial charge in [0.25, 0.3) is 5.91 Å². The molecule has 1 aromatic heterocycles. The van der Waals surface area contributed by atoms with Crippen molar-refractivity contribution in [1.82, 2.24) is 10.3 Å². The number of ketones is 2. The first kappa shape index (κ1) is 26.6. The third kappa shape index (κ3) is 4.11. The fourth-order valence-corrected chi connectivity index (χ4v) is 6.13. The van der Waals surface area contributed by atoms with E-state index < -0.39 is 52.0 Å². The Morgan fingerprint density at radius 3 is 2.59 bits per heavy atom. The quantitative estimate of drug-likeness (QED) is 0.303. The first-order valence-electron chi connectivity index (χ1n) is 12.9. The van der Waals surface area contributed by atoms with Gasteiger partial charge in [-0.2, -0.15) is 0 Å². The van der Waals surface area contributed by atoms with E-state index in [1.165, 1.54) is 0 Å². The Kier molecular flexibility index (Phi) is 6.56. The van der Waals surface area contributed by atoms with Crippen LogP contribution >= 0.6 is 0 Å². The molecule has 0 bridgehead atoms. The van der Waals surface area contributed by atoms with E-state index in [1.807, 2.05) is 18.2 Å². The molecule has 1 aromatic carbocycles. The Morgan fingerprint density at radius 1 is 1.21 bits per heavy atom. The maximum atomic E-state index is 13.8. The van der Waals surface area contributed by atoms with Crippen molar-refractivity contribution in [3.63, 3.8) is 0 Å². The molecule has 3 unspecified atom stereocenters. The topological polar surface area (TPSA) is 183 Å². The predicted octanol–water partition coefficient (Wildman–Crippen LogP) is 2.23. The van der Waals surface area contributed by atoms with Gasteiger partial charge in [0.2, 0.25) is 5.78 Å². The second-order valence-corrected chi connectivity index (χ2v) is 10.9. The number of hydrogen-bond acceptors (Lipinski definition) is 9. The zero-order valence-electron chi connectivity index (χ0n) is 21.7. The Bertz CT molecular complexity index is 1460. The molecule has 0 spiro atoms. The molecule has 3 aliphatic carbocycles. The number of amides is 1. The molecule has 10 nitrogen and oxygen atoms in total. The van der Waals surface area contributed by atoms with Gasteiger partial charge < -0.3 is 31.5 Å². The van der Waals surface area contributed by atoms with Gasteiger partial charge in [-0.25, -0.2) is 0 Å². The van der Waals surface area contributed by atoms with Crippen LogP contribution in [0.3, 0.4) is 0 Å². The van der Waals surface area contributed by atoms with E-state index in [0.29, 0.717) is 34.8 Å². The SMILES string of the molecule is CC(C)CNCc1cc(-c2ccccn2)c2c(c1O)C(O)=C1C(=O)C3(O)C(O)=C(C(N)=O)C(=O)CC3CC1C2. The van der Waals surface area contributed by atoms with Gasteiger partial charge in [-0.3, -0.25) is 19.4 Å². The Morgan fingerprint density at radius 2 is 1.95 bits per heavy atom. The van der Waals surface area contributed by atoms with Crippen LogP contribution in [0.5, 0.6) is 5.75 Å². The molecular weight excluding hydrogens is 502 g/mol. The number of carbonyl (C=O) groups is 3. The molecule has 5 rings (SSSR count). The highest BCUT2D eigenvalue weighted by Gasteiger charge is 2.60. The fraction of sp³-hybridized carbons (Fsp3) is 0.379. The summed E-state index contributed by atoms with van der Waals surface area (Å²) in [6, 6.07) is 7.23. The van der Waals surface area contributed by atoms with E-state index in [-0.39, 0.29) is 42.7 Å². The largest absolute Gasteiger partial charge is 0.508 e. The molecule has 3 aliphatic rings. The summed E-state index contributed by atoms with van der Waals surface area (Å²) in [7, 11) is 0. The number of aliphatic hydroxyl groups is 3. The highest BCUT2D eigenvalue weighted by Crippen LogP contribution is 2.53. The number of phenols is 1. The normalized spacial score (nSPS) is 24.5. The number of primary amides is 1. The van der Waals surface area contributed by atoms with E-state index in [1.54, 1.807) is 12.3 Å². The summed E-state index contributed by atoms with van der Waals surface area (Å²) >= 11 is 0. The number of Topliss-reactive ketones (excluding diaryl/α,β-unsaturated/α-hetero) is 2. The number of nitrogens with one attached hydrogen (secondary N) is 1. The first-order chi connectivity index (χ1) is 18.5. The molecule has 1 amide bonds. The molecule has 204 valence electrons. The Balaban J connectivity index is 1.70. The van der Waals surface area contributed by atoms with Crippen LogP contribution in [0.25, 0.3) is 17.0 Å².